The first kappa shape index (κ1) is 21.5. The number of hydrogen-bond acceptors (Lipinski definition) is 6. The number of fused-ring (bicyclic) bond motifs is 1. The molecule has 8 heteroatoms. The summed E-state index contributed by atoms with van der Waals surface area (Å²) in [5.41, 5.74) is 3.13. The number of allylic oxidation sites excluding steroid dienone is 1. The number of nitrogens with one attached hydrogen (secondary N) is 1. The van der Waals surface area contributed by atoms with Crippen molar-refractivity contribution in [2.24, 2.45) is 0 Å². The molecule has 1 aliphatic rings. The molecule has 2 aromatic rings. The number of hydrogen-bond donors (Lipinski definition) is 1. The standard InChI is InChI=1S/C22H29N5O3/c1-5-7-12-23-18(28)13-26-16(4)19(21(29)30-6-2)20(27-22(26)24-14-25-27)17-10-8-15(3)9-11-17/h8-11,14,20H,5-7,12-13H2,1-4H3,(H,23,28)/t20-/m1/s1. The Balaban J connectivity index is 2.03. The summed E-state index contributed by atoms with van der Waals surface area (Å²) >= 11 is 0. The van der Waals surface area contributed by atoms with Crippen LogP contribution >= 0.6 is 0 Å². The average molecular weight is 412 g/mol. The van der Waals surface area contributed by atoms with Gasteiger partial charge < -0.3 is 15.0 Å². The van der Waals surface area contributed by atoms with E-state index in [1.165, 1.54) is 6.33 Å². The number of esters is 1. The van der Waals surface area contributed by atoms with E-state index in [-0.39, 0.29) is 19.1 Å². The first-order chi connectivity index (χ1) is 14.5. The number of benzene rings is 1. The van der Waals surface area contributed by atoms with Gasteiger partial charge in [-0.3, -0.25) is 4.79 Å². The first-order valence-corrected chi connectivity index (χ1v) is 10.4. The summed E-state index contributed by atoms with van der Waals surface area (Å²) in [5, 5.41) is 7.30. The van der Waals surface area contributed by atoms with E-state index < -0.39 is 12.0 Å². The van der Waals surface area contributed by atoms with Crippen molar-refractivity contribution in [1.29, 1.82) is 0 Å². The molecule has 0 spiro atoms. The van der Waals surface area contributed by atoms with Crippen LogP contribution in [0.2, 0.25) is 0 Å². The largest absolute Gasteiger partial charge is 0.463 e. The molecular weight excluding hydrogens is 382 g/mol. The number of aryl methyl sites for hydroxylation is 1. The molecule has 8 nitrogen and oxygen atoms in total. The smallest absolute Gasteiger partial charge is 0.338 e. The maximum absolute atomic E-state index is 13.0. The number of rotatable bonds is 8. The molecule has 3 rings (SSSR count). The van der Waals surface area contributed by atoms with Crippen LogP contribution in [0.1, 0.15) is 50.8 Å². The monoisotopic (exact) mass is 411 g/mol. The lowest BCUT2D eigenvalue weighted by Gasteiger charge is -2.35. The molecule has 1 aromatic heterocycles. The van der Waals surface area contributed by atoms with Crippen LogP contribution in [0.25, 0.3) is 0 Å². The van der Waals surface area contributed by atoms with Crippen LogP contribution in [0.5, 0.6) is 0 Å². The van der Waals surface area contributed by atoms with Gasteiger partial charge in [0.05, 0.1) is 12.2 Å². The summed E-state index contributed by atoms with van der Waals surface area (Å²) in [6, 6.07) is 7.48. The number of carbonyl (C=O) groups is 2. The summed E-state index contributed by atoms with van der Waals surface area (Å²) in [6.45, 7) is 8.62. The summed E-state index contributed by atoms with van der Waals surface area (Å²) < 4.78 is 7.05. The number of nitrogens with zero attached hydrogens (tertiary/aromatic N) is 4. The fourth-order valence-corrected chi connectivity index (χ4v) is 3.55. The van der Waals surface area contributed by atoms with Gasteiger partial charge in [0.25, 0.3) is 0 Å². The molecule has 1 N–H and O–H groups in total. The van der Waals surface area contributed by atoms with Crippen molar-refractivity contribution in [2.45, 2.75) is 46.6 Å². The van der Waals surface area contributed by atoms with E-state index in [9.17, 15) is 9.59 Å². The van der Waals surface area contributed by atoms with Crippen LogP contribution < -0.4 is 10.2 Å². The van der Waals surface area contributed by atoms with Crippen LogP contribution in [0.3, 0.4) is 0 Å². The molecule has 1 amide bonds. The molecule has 1 aromatic carbocycles. The number of carbonyl (C=O) groups excluding carboxylic acids is 2. The van der Waals surface area contributed by atoms with Crippen molar-refractivity contribution >= 4 is 17.8 Å². The number of ether oxygens (including phenoxy) is 1. The number of unbranched alkanes of at least 4 members (excludes halogenated alkanes) is 1. The predicted molar refractivity (Wildman–Crippen MR) is 114 cm³/mol. The quantitative estimate of drug-likeness (QED) is 0.531. The lowest BCUT2D eigenvalue weighted by atomic mass is 9.94. The SMILES string of the molecule is CCCCNC(=O)CN1C(C)=C(C(=O)OCC)[C@@H](c2ccc(C)cc2)n2ncnc21. The molecule has 30 heavy (non-hydrogen) atoms. The summed E-state index contributed by atoms with van der Waals surface area (Å²) in [4.78, 5) is 31.6. The van der Waals surface area contributed by atoms with E-state index in [2.05, 4.69) is 22.3 Å². The zero-order valence-corrected chi connectivity index (χ0v) is 18.0. The maximum atomic E-state index is 13.0. The highest BCUT2D eigenvalue weighted by molar-refractivity contribution is 5.93. The Hall–Kier alpha value is -3.16. The predicted octanol–water partition coefficient (Wildman–Crippen LogP) is 2.75. The van der Waals surface area contributed by atoms with Crippen molar-refractivity contribution in [3.63, 3.8) is 0 Å². The Morgan fingerprint density at radius 3 is 2.57 bits per heavy atom. The van der Waals surface area contributed by atoms with Gasteiger partial charge in [0.1, 0.15) is 18.9 Å². The maximum Gasteiger partial charge on any atom is 0.338 e. The minimum absolute atomic E-state index is 0.0533. The van der Waals surface area contributed by atoms with Crippen molar-refractivity contribution in [1.82, 2.24) is 20.1 Å². The van der Waals surface area contributed by atoms with E-state index in [1.807, 2.05) is 38.1 Å². The van der Waals surface area contributed by atoms with Gasteiger partial charge >= 0.3 is 5.97 Å². The summed E-state index contributed by atoms with van der Waals surface area (Å²) in [6.07, 6.45) is 3.36. The van der Waals surface area contributed by atoms with Gasteiger partial charge in [0.2, 0.25) is 11.9 Å². The minimum atomic E-state index is -0.471. The summed E-state index contributed by atoms with van der Waals surface area (Å²) in [7, 11) is 0. The molecule has 0 saturated heterocycles. The van der Waals surface area contributed by atoms with Gasteiger partial charge in [-0.1, -0.05) is 43.2 Å². The zero-order chi connectivity index (χ0) is 21.7. The van der Waals surface area contributed by atoms with Crippen molar-refractivity contribution < 1.29 is 14.3 Å². The third-order valence-electron chi connectivity index (χ3n) is 5.15. The topological polar surface area (TPSA) is 89.4 Å². The molecule has 0 fully saturated rings. The Kier molecular flexibility index (Phi) is 6.87. The van der Waals surface area contributed by atoms with Gasteiger partial charge in [-0.15, -0.1) is 0 Å². The van der Waals surface area contributed by atoms with E-state index in [0.29, 0.717) is 23.8 Å². The second kappa shape index (κ2) is 9.56. The summed E-state index contributed by atoms with van der Waals surface area (Å²) in [5.74, 6) is -0.0239. The zero-order valence-electron chi connectivity index (χ0n) is 18.0. The Morgan fingerprint density at radius 2 is 1.90 bits per heavy atom. The van der Waals surface area contributed by atoms with Crippen LogP contribution in [0.15, 0.2) is 41.9 Å². The highest BCUT2D eigenvalue weighted by Gasteiger charge is 2.38. The highest BCUT2D eigenvalue weighted by atomic mass is 16.5. The van der Waals surface area contributed by atoms with Gasteiger partial charge in [-0.05, 0) is 32.8 Å². The fraction of sp³-hybridized carbons (Fsp3) is 0.455. The number of amides is 1. The van der Waals surface area contributed by atoms with Gasteiger partial charge in [0.15, 0.2) is 0 Å². The lowest BCUT2D eigenvalue weighted by molar-refractivity contribution is -0.139. The second-order valence-electron chi connectivity index (χ2n) is 7.33. The van der Waals surface area contributed by atoms with Gasteiger partial charge in [0, 0.05) is 12.2 Å². The average Bonchev–Trinajstić information content (AvgIpc) is 3.20. The van der Waals surface area contributed by atoms with Crippen molar-refractivity contribution in [3.8, 4) is 0 Å². The van der Waals surface area contributed by atoms with E-state index >= 15 is 0 Å². The molecule has 160 valence electrons. The van der Waals surface area contributed by atoms with Crippen molar-refractivity contribution in [3.05, 3.63) is 53.0 Å². The van der Waals surface area contributed by atoms with E-state index in [1.54, 1.807) is 16.5 Å². The molecular formula is C22H29N5O3. The van der Waals surface area contributed by atoms with Crippen LogP contribution in [-0.4, -0.2) is 46.3 Å². The molecule has 1 aliphatic heterocycles. The molecule has 0 unspecified atom stereocenters. The van der Waals surface area contributed by atoms with E-state index in [0.717, 1.165) is 24.0 Å². The highest BCUT2D eigenvalue weighted by Crippen LogP contribution is 2.38. The normalized spacial score (nSPS) is 15.7. The molecule has 0 bridgehead atoms. The van der Waals surface area contributed by atoms with Gasteiger partial charge in [-0.2, -0.15) is 10.1 Å². The molecule has 0 saturated carbocycles. The Morgan fingerprint density at radius 1 is 1.17 bits per heavy atom. The first-order valence-electron chi connectivity index (χ1n) is 10.4. The third-order valence-corrected chi connectivity index (χ3v) is 5.15. The Labute approximate surface area is 176 Å². The van der Waals surface area contributed by atoms with Crippen LogP contribution in [-0.2, 0) is 14.3 Å². The number of aromatic nitrogens is 3. The van der Waals surface area contributed by atoms with Gasteiger partial charge in [-0.25, -0.2) is 9.48 Å². The lowest BCUT2D eigenvalue weighted by Crippen LogP contribution is -2.42. The minimum Gasteiger partial charge on any atom is -0.463 e. The van der Waals surface area contributed by atoms with Crippen LogP contribution in [0, 0.1) is 6.92 Å². The molecule has 0 radical (unpaired) electrons. The number of anilines is 1. The molecule has 1 atom stereocenters. The Bertz CT molecular complexity index is 933. The third kappa shape index (κ3) is 4.37. The van der Waals surface area contributed by atoms with E-state index in [4.69, 9.17) is 4.74 Å². The second-order valence-corrected chi connectivity index (χ2v) is 7.33. The molecule has 0 aliphatic carbocycles. The fourth-order valence-electron chi connectivity index (χ4n) is 3.55. The molecule has 2 heterocycles. The van der Waals surface area contributed by atoms with Crippen LogP contribution in [0.4, 0.5) is 5.95 Å². The van der Waals surface area contributed by atoms with Crippen molar-refractivity contribution in [2.75, 3.05) is 24.6 Å².